The molecule has 1 aromatic carbocycles. The van der Waals surface area contributed by atoms with E-state index in [0.717, 1.165) is 4.34 Å². The number of hydrogen-bond acceptors (Lipinski definition) is 1. The highest BCUT2D eigenvalue weighted by Gasteiger charge is 2.02. The van der Waals surface area contributed by atoms with Crippen LogP contribution in [-0.4, -0.2) is 0 Å². The highest BCUT2D eigenvalue weighted by atomic mass is 35.5. The second-order valence-electron chi connectivity index (χ2n) is 3.48. The zero-order valence-electron chi connectivity index (χ0n) is 8.17. The van der Waals surface area contributed by atoms with Crippen LogP contribution < -0.4 is 0 Å². The Morgan fingerprint density at radius 2 is 1.64 bits per heavy atom. The molecule has 14 heavy (non-hydrogen) atoms. The molecular formula is C12H11ClS. The van der Waals surface area contributed by atoms with E-state index >= 15 is 0 Å². The second-order valence-corrected chi connectivity index (χ2v) is 5.20. The summed E-state index contributed by atoms with van der Waals surface area (Å²) in [6.45, 7) is 4.23. The number of hydrogen-bond donors (Lipinski definition) is 0. The van der Waals surface area contributed by atoms with E-state index in [-0.39, 0.29) is 0 Å². The summed E-state index contributed by atoms with van der Waals surface area (Å²) in [6.07, 6.45) is 0. The molecule has 72 valence electrons. The summed E-state index contributed by atoms with van der Waals surface area (Å²) in [5, 5.41) is 0. The van der Waals surface area contributed by atoms with Gasteiger partial charge in [-0.15, -0.1) is 11.3 Å². The molecule has 0 N–H and O–H groups in total. The molecule has 2 heteroatoms. The average molecular weight is 223 g/mol. The molecule has 1 aromatic heterocycles. The van der Waals surface area contributed by atoms with Gasteiger partial charge in [0, 0.05) is 4.88 Å². The molecule has 0 unspecified atom stereocenters. The third kappa shape index (κ3) is 1.99. The first-order valence-electron chi connectivity index (χ1n) is 4.49. The number of benzene rings is 1. The Morgan fingerprint density at radius 3 is 2.14 bits per heavy atom. The summed E-state index contributed by atoms with van der Waals surface area (Å²) in [6, 6.07) is 10.6. The molecule has 0 radical (unpaired) electrons. The van der Waals surface area contributed by atoms with Crippen LogP contribution in [0.5, 0.6) is 0 Å². The van der Waals surface area contributed by atoms with Crippen LogP contribution in [0.4, 0.5) is 0 Å². The van der Waals surface area contributed by atoms with Crippen LogP contribution in [0.1, 0.15) is 11.1 Å². The largest absolute Gasteiger partial charge is 0.123 e. The molecule has 2 rings (SSSR count). The van der Waals surface area contributed by atoms with Crippen molar-refractivity contribution in [2.45, 2.75) is 13.8 Å². The average Bonchev–Trinajstić information content (AvgIpc) is 2.50. The van der Waals surface area contributed by atoms with Gasteiger partial charge in [-0.3, -0.25) is 0 Å². The molecule has 0 atom stereocenters. The van der Waals surface area contributed by atoms with Crippen molar-refractivity contribution in [3.8, 4) is 10.4 Å². The fraction of sp³-hybridized carbons (Fsp3) is 0.167. The standard InChI is InChI=1S/C12H11ClS/c1-8-5-9(2)7-10(6-8)11-3-4-12(13)14-11/h3-7H,1-2H3. The summed E-state index contributed by atoms with van der Waals surface area (Å²) in [7, 11) is 0. The maximum atomic E-state index is 5.91. The fourth-order valence-corrected chi connectivity index (χ4v) is 2.62. The van der Waals surface area contributed by atoms with E-state index in [1.54, 1.807) is 11.3 Å². The topological polar surface area (TPSA) is 0 Å². The lowest BCUT2D eigenvalue weighted by atomic mass is 10.1. The number of aryl methyl sites for hydroxylation is 2. The molecule has 0 nitrogen and oxygen atoms in total. The Labute approximate surface area is 93.2 Å². The molecule has 2 aromatic rings. The van der Waals surface area contributed by atoms with Crippen LogP contribution in [0.2, 0.25) is 4.34 Å². The molecule has 0 saturated carbocycles. The molecule has 0 aliphatic carbocycles. The first-order chi connectivity index (χ1) is 6.65. The van der Waals surface area contributed by atoms with E-state index < -0.39 is 0 Å². The lowest BCUT2D eigenvalue weighted by molar-refractivity contribution is 1.39. The second kappa shape index (κ2) is 3.76. The van der Waals surface area contributed by atoms with Gasteiger partial charge >= 0.3 is 0 Å². The van der Waals surface area contributed by atoms with Gasteiger partial charge in [-0.05, 0) is 31.5 Å². The van der Waals surface area contributed by atoms with Gasteiger partial charge in [-0.25, -0.2) is 0 Å². The van der Waals surface area contributed by atoms with Crippen LogP contribution in [0.3, 0.4) is 0 Å². The van der Waals surface area contributed by atoms with Crippen molar-refractivity contribution in [3.63, 3.8) is 0 Å². The lowest BCUT2D eigenvalue weighted by Crippen LogP contribution is -1.79. The number of halogens is 1. The van der Waals surface area contributed by atoms with Crippen LogP contribution in [-0.2, 0) is 0 Å². The molecule has 0 fully saturated rings. The minimum Gasteiger partial charge on any atom is -0.123 e. The molecule has 0 spiro atoms. The fourth-order valence-electron chi connectivity index (χ4n) is 1.59. The van der Waals surface area contributed by atoms with Gasteiger partial charge in [0.15, 0.2) is 0 Å². The summed E-state index contributed by atoms with van der Waals surface area (Å²) >= 11 is 7.53. The van der Waals surface area contributed by atoms with Crippen molar-refractivity contribution in [3.05, 3.63) is 45.8 Å². The first kappa shape index (κ1) is 9.75. The van der Waals surface area contributed by atoms with Gasteiger partial charge in [0.25, 0.3) is 0 Å². The molecule has 0 bridgehead atoms. The van der Waals surface area contributed by atoms with Crippen LogP contribution in [0, 0.1) is 13.8 Å². The Hall–Kier alpha value is -0.790. The molecule has 0 aliphatic rings. The van der Waals surface area contributed by atoms with E-state index in [1.165, 1.54) is 21.6 Å². The Morgan fingerprint density at radius 1 is 1.00 bits per heavy atom. The first-order valence-corrected chi connectivity index (χ1v) is 5.68. The van der Waals surface area contributed by atoms with Crippen LogP contribution in [0.15, 0.2) is 30.3 Å². The summed E-state index contributed by atoms with van der Waals surface area (Å²) in [5.74, 6) is 0. The van der Waals surface area contributed by atoms with E-state index in [4.69, 9.17) is 11.6 Å². The van der Waals surface area contributed by atoms with Gasteiger partial charge < -0.3 is 0 Å². The third-order valence-electron chi connectivity index (χ3n) is 2.08. The van der Waals surface area contributed by atoms with Gasteiger partial charge in [-0.2, -0.15) is 0 Å². The van der Waals surface area contributed by atoms with Gasteiger partial charge in [0.2, 0.25) is 0 Å². The van der Waals surface area contributed by atoms with E-state index in [1.807, 2.05) is 6.07 Å². The Kier molecular flexibility index (Phi) is 2.62. The van der Waals surface area contributed by atoms with E-state index in [2.05, 4.69) is 38.1 Å². The van der Waals surface area contributed by atoms with E-state index in [9.17, 15) is 0 Å². The van der Waals surface area contributed by atoms with Crippen molar-refractivity contribution in [1.82, 2.24) is 0 Å². The number of rotatable bonds is 1. The Bertz CT molecular complexity index is 437. The molecule has 0 saturated heterocycles. The predicted octanol–water partition coefficient (Wildman–Crippen LogP) is 4.69. The highest BCUT2D eigenvalue weighted by Crippen LogP contribution is 2.31. The molecular weight excluding hydrogens is 212 g/mol. The van der Waals surface area contributed by atoms with Gasteiger partial charge in [0.05, 0.1) is 4.34 Å². The zero-order valence-corrected chi connectivity index (χ0v) is 9.75. The van der Waals surface area contributed by atoms with Gasteiger partial charge in [0.1, 0.15) is 0 Å². The minimum atomic E-state index is 0.846. The third-order valence-corrected chi connectivity index (χ3v) is 3.36. The maximum Gasteiger partial charge on any atom is 0.0934 e. The van der Waals surface area contributed by atoms with Crippen molar-refractivity contribution in [2.24, 2.45) is 0 Å². The van der Waals surface area contributed by atoms with Crippen molar-refractivity contribution in [1.29, 1.82) is 0 Å². The normalized spacial score (nSPS) is 10.5. The maximum absolute atomic E-state index is 5.91. The summed E-state index contributed by atoms with van der Waals surface area (Å²) in [5.41, 5.74) is 3.86. The summed E-state index contributed by atoms with van der Waals surface area (Å²) in [4.78, 5) is 1.24. The quantitative estimate of drug-likeness (QED) is 0.657. The highest BCUT2D eigenvalue weighted by molar-refractivity contribution is 7.19. The summed E-state index contributed by atoms with van der Waals surface area (Å²) < 4.78 is 0.846. The smallest absolute Gasteiger partial charge is 0.0934 e. The van der Waals surface area contributed by atoms with Gasteiger partial charge in [-0.1, -0.05) is 40.9 Å². The Balaban J connectivity index is 2.51. The predicted molar refractivity (Wildman–Crippen MR) is 64.2 cm³/mol. The lowest BCUT2D eigenvalue weighted by Gasteiger charge is -2.01. The SMILES string of the molecule is Cc1cc(C)cc(-c2ccc(Cl)s2)c1. The van der Waals surface area contributed by atoms with Crippen molar-refractivity contribution >= 4 is 22.9 Å². The van der Waals surface area contributed by atoms with Crippen LogP contribution >= 0.6 is 22.9 Å². The van der Waals surface area contributed by atoms with Crippen LogP contribution in [0.25, 0.3) is 10.4 Å². The van der Waals surface area contributed by atoms with Crippen molar-refractivity contribution < 1.29 is 0 Å². The van der Waals surface area contributed by atoms with Crippen molar-refractivity contribution in [2.75, 3.05) is 0 Å². The molecule has 0 aliphatic heterocycles. The minimum absolute atomic E-state index is 0.846. The molecule has 0 amide bonds. The zero-order chi connectivity index (χ0) is 10.1. The molecule has 1 heterocycles. The monoisotopic (exact) mass is 222 g/mol. The van der Waals surface area contributed by atoms with E-state index in [0.29, 0.717) is 0 Å². The number of thiophene rings is 1.